The van der Waals surface area contributed by atoms with Crippen LogP contribution in [0.25, 0.3) is 0 Å². The molecule has 3 nitrogen and oxygen atoms in total. The molecular formula is C15H17Br2NO2S. The number of thiophene rings is 1. The molecule has 2 aromatic rings. The highest BCUT2D eigenvalue weighted by Gasteiger charge is 2.21. The van der Waals surface area contributed by atoms with Crippen molar-refractivity contribution in [2.24, 2.45) is 0 Å². The molecule has 0 aliphatic heterocycles. The van der Waals surface area contributed by atoms with Gasteiger partial charge in [-0.2, -0.15) is 0 Å². The van der Waals surface area contributed by atoms with E-state index in [0.717, 1.165) is 31.9 Å². The summed E-state index contributed by atoms with van der Waals surface area (Å²) in [7, 11) is 3.34. The number of ether oxygens (including phenoxy) is 2. The molecule has 2 rings (SSSR count). The summed E-state index contributed by atoms with van der Waals surface area (Å²) in [5, 5.41) is 3.52. The molecule has 0 amide bonds. The van der Waals surface area contributed by atoms with Gasteiger partial charge in [-0.1, -0.05) is 6.92 Å². The van der Waals surface area contributed by atoms with Crippen molar-refractivity contribution in [3.63, 3.8) is 0 Å². The van der Waals surface area contributed by atoms with E-state index in [1.165, 1.54) is 4.88 Å². The Hall–Kier alpha value is -0.560. The number of hydrogen-bond donors (Lipinski definition) is 1. The van der Waals surface area contributed by atoms with Crippen molar-refractivity contribution in [1.29, 1.82) is 0 Å². The topological polar surface area (TPSA) is 30.5 Å². The summed E-state index contributed by atoms with van der Waals surface area (Å²) < 4.78 is 13.0. The summed E-state index contributed by atoms with van der Waals surface area (Å²) in [6.45, 7) is 2.97. The Bertz CT molecular complexity index is 596. The second-order valence-corrected chi connectivity index (χ2v) is 7.62. The molecule has 0 bridgehead atoms. The van der Waals surface area contributed by atoms with E-state index in [1.807, 2.05) is 18.2 Å². The van der Waals surface area contributed by atoms with Gasteiger partial charge < -0.3 is 14.8 Å². The third-order valence-corrected chi connectivity index (χ3v) is 6.43. The Morgan fingerprint density at radius 2 is 1.95 bits per heavy atom. The summed E-state index contributed by atoms with van der Waals surface area (Å²) in [6.07, 6.45) is 0. The molecule has 114 valence electrons. The first-order valence-corrected chi connectivity index (χ1v) is 8.91. The fraction of sp³-hybridized carbons (Fsp3) is 0.333. The molecular weight excluding hydrogens is 418 g/mol. The fourth-order valence-corrected chi connectivity index (χ4v) is 4.31. The van der Waals surface area contributed by atoms with E-state index in [-0.39, 0.29) is 6.04 Å². The number of rotatable bonds is 6. The van der Waals surface area contributed by atoms with Crippen LogP contribution in [0.15, 0.2) is 32.5 Å². The Balaban J connectivity index is 2.47. The average molecular weight is 435 g/mol. The van der Waals surface area contributed by atoms with Crippen LogP contribution < -0.4 is 14.8 Å². The van der Waals surface area contributed by atoms with Crippen LogP contribution in [-0.2, 0) is 0 Å². The van der Waals surface area contributed by atoms with E-state index in [0.29, 0.717) is 0 Å². The van der Waals surface area contributed by atoms with Gasteiger partial charge in [-0.3, -0.25) is 0 Å². The van der Waals surface area contributed by atoms with E-state index >= 15 is 0 Å². The lowest BCUT2D eigenvalue weighted by molar-refractivity contribution is 0.388. The molecule has 1 aromatic heterocycles. The predicted molar refractivity (Wildman–Crippen MR) is 94.8 cm³/mol. The first-order valence-electron chi connectivity index (χ1n) is 6.50. The van der Waals surface area contributed by atoms with Crippen molar-refractivity contribution in [2.75, 3.05) is 20.8 Å². The normalized spacial score (nSPS) is 12.2. The zero-order valence-corrected chi connectivity index (χ0v) is 16.1. The largest absolute Gasteiger partial charge is 0.497 e. The fourth-order valence-electron chi connectivity index (χ4n) is 2.13. The molecule has 0 aliphatic carbocycles. The van der Waals surface area contributed by atoms with Crippen LogP contribution in [0.5, 0.6) is 11.5 Å². The molecule has 1 heterocycles. The lowest BCUT2D eigenvalue weighted by Gasteiger charge is -2.20. The summed E-state index contributed by atoms with van der Waals surface area (Å²) in [5.41, 5.74) is 1.10. The number of benzene rings is 1. The van der Waals surface area contributed by atoms with Gasteiger partial charge in [0.2, 0.25) is 0 Å². The maximum absolute atomic E-state index is 5.53. The first-order chi connectivity index (χ1) is 10.1. The molecule has 0 saturated heterocycles. The molecule has 0 aliphatic rings. The SMILES string of the molecule is CCNC(c1cc(Br)c(Br)s1)c1ccc(OC)cc1OC. The summed E-state index contributed by atoms with van der Waals surface area (Å²) in [6, 6.07) is 8.14. The van der Waals surface area contributed by atoms with Crippen LogP contribution in [0.4, 0.5) is 0 Å². The lowest BCUT2D eigenvalue weighted by atomic mass is 10.0. The van der Waals surface area contributed by atoms with Gasteiger partial charge in [0.1, 0.15) is 11.5 Å². The van der Waals surface area contributed by atoms with Crippen LogP contribution in [0.3, 0.4) is 0 Å². The standard InChI is InChI=1S/C15H17Br2NO2S/c1-4-18-14(13-8-11(16)15(17)21-13)10-6-5-9(19-2)7-12(10)20-3/h5-8,14,18H,4H2,1-3H3. The highest BCUT2D eigenvalue weighted by molar-refractivity contribution is 9.13. The van der Waals surface area contributed by atoms with Gasteiger partial charge in [0.25, 0.3) is 0 Å². The van der Waals surface area contributed by atoms with Crippen molar-refractivity contribution >= 4 is 43.2 Å². The minimum absolute atomic E-state index is 0.0865. The minimum Gasteiger partial charge on any atom is -0.497 e. The molecule has 0 radical (unpaired) electrons. The number of nitrogens with one attached hydrogen (secondary N) is 1. The number of hydrogen-bond acceptors (Lipinski definition) is 4. The van der Waals surface area contributed by atoms with E-state index in [4.69, 9.17) is 9.47 Å². The maximum atomic E-state index is 5.53. The van der Waals surface area contributed by atoms with Gasteiger partial charge in [-0.05, 0) is 56.6 Å². The lowest BCUT2D eigenvalue weighted by Crippen LogP contribution is -2.21. The van der Waals surface area contributed by atoms with Gasteiger partial charge in [0.05, 0.1) is 24.0 Å². The smallest absolute Gasteiger partial charge is 0.127 e. The van der Waals surface area contributed by atoms with Crippen LogP contribution in [0.2, 0.25) is 0 Å². The van der Waals surface area contributed by atoms with Crippen molar-refractivity contribution in [2.45, 2.75) is 13.0 Å². The minimum atomic E-state index is 0.0865. The highest BCUT2D eigenvalue weighted by atomic mass is 79.9. The first kappa shape index (κ1) is 16.8. The summed E-state index contributed by atoms with van der Waals surface area (Å²) in [5.74, 6) is 1.61. The Morgan fingerprint density at radius 3 is 2.48 bits per heavy atom. The summed E-state index contributed by atoms with van der Waals surface area (Å²) >= 11 is 8.82. The predicted octanol–water partition coefficient (Wildman–Crippen LogP) is 4.99. The highest BCUT2D eigenvalue weighted by Crippen LogP contribution is 2.40. The molecule has 1 atom stereocenters. The zero-order chi connectivity index (χ0) is 15.4. The van der Waals surface area contributed by atoms with Crippen molar-refractivity contribution in [3.05, 3.63) is 43.0 Å². The zero-order valence-electron chi connectivity index (χ0n) is 12.1. The quantitative estimate of drug-likeness (QED) is 0.694. The molecule has 1 aromatic carbocycles. The van der Waals surface area contributed by atoms with Gasteiger partial charge in [-0.15, -0.1) is 11.3 Å². The van der Waals surface area contributed by atoms with Crippen LogP contribution in [0.1, 0.15) is 23.4 Å². The van der Waals surface area contributed by atoms with Crippen molar-refractivity contribution in [3.8, 4) is 11.5 Å². The van der Waals surface area contributed by atoms with Crippen LogP contribution in [0, 0.1) is 0 Å². The second kappa shape index (κ2) is 7.63. The van der Waals surface area contributed by atoms with Gasteiger partial charge in [0, 0.05) is 21.0 Å². The third-order valence-electron chi connectivity index (χ3n) is 3.11. The molecule has 1 N–H and O–H groups in total. The molecule has 0 saturated carbocycles. The Kier molecular flexibility index (Phi) is 6.10. The van der Waals surface area contributed by atoms with Crippen LogP contribution in [-0.4, -0.2) is 20.8 Å². The number of methoxy groups -OCH3 is 2. The maximum Gasteiger partial charge on any atom is 0.127 e. The molecule has 1 unspecified atom stereocenters. The molecule has 21 heavy (non-hydrogen) atoms. The van der Waals surface area contributed by atoms with Gasteiger partial charge in [-0.25, -0.2) is 0 Å². The van der Waals surface area contributed by atoms with E-state index in [9.17, 15) is 0 Å². The molecule has 6 heteroatoms. The van der Waals surface area contributed by atoms with E-state index in [2.05, 4.69) is 50.2 Å². The molecule has 0 spiro atoms. The Labute approximate surface area is 145 Å². The Morgan fingerprint density at radius 1 is 1.19 bits per heavy atom. The second-order valence-electron chi connectivity index (χ2n) is 4.37. The monoisotopic (exact) mass is 433 g/mol. The van der Waals surface area contributed by atoms with Gasteiger partial charge >= 0.3 is 0 Å². The van der Waals surface area contributed by atoms with Crippen molar-refractivity contribution < 1.29 is 9.47 Å². The van der Waals surface area contributed by atoms with E-state index in [1.54, 1.807) is 25.6 Å². The van der Waals surface area contributed by atoms with E-state index < -0.39 is 0 Å². The summed E-state index contributed by atoms with van der Waals surface area (Å²) in [4.78, 5) is 1.22. The molecule has 0 fully saturated rings. The average Bonchev–Trinajstić information content (AvgIpc) is 2.83. The number of halogens is 2. The van der Waals surface area contributed by atoms with Crippen LogP contribution >= 0.6 is 43.2 Å². The van der Waals surface area contributed by atoms with Crippen molar-refractivity contribution in [1.82, 2.24) is 5.32 Å². The van der Waals surface area contributed by atoms with Gasteiger partial charge in [0.15, 0.2) is 0 Å². The third kappa shape index (κ3) is 3.80.